The SMILES string of the molecule is O=C(O)[C@@H]1C2C=CC(C2)[C@@H]1C(=O)NCC1CC=CCC1. The van der Waals surface area contributed by atoms with Crippen LogP contribution in [-0.2, 0) is 9.59 Å². The first-order chi connectivity index (χ1) is 9.66. The largest absolute Gasteiger partial charge is 0.481 e. The summed E-state index contributed by atoms with van der Waals surface area (Å²) in [6, 6.07) is 0. The summed E-state index contributed by atoms with van der Waals surface area (Å²) >= 11 is 0. The molecule has 3 unspecified atom stereocenters. The maximum Gasteiger partial charge on any atom is 0.307 e. The second kappa shape index (κ2) is 5.43. The van der Waals surface area contributed by atoms with Crippen LogP contribution in [0.1, 0.15) is 25.7 Å². The summed E-state index contributed by atoms with van der Waals surface area (Å²) in [4.78, 5) is 23.8. The zero-order valence-corrected chi connectivity index (χ0v) is 11.5. The van der Waals surface area contributed by atoms with E-state index in [-0.39, 0.29) is 23.7 Å². The van der Waals surface area contributed by atoms with Gasteiger partial charge in [-0.1, -0.05) is 24.3 Å². The van der Waals surface area contributed by atoms with E-state index < -0.39 is 11.9 Å². The fourth-order valence-corrected chi connectivity index (χ4v) is 3.92. The molecule has 0 aromatic rings. The quantitative estimate of drug-likeness (QED) is 0.771. The summed E-state index contributed by atoms with van der Waals surface area (Å²) in [6.07, 6.45) is 12.4. The molecular formula is C16H21NO3. The van der Waals surface area contributed by atoms with Crippen molar-refractivity contribution in [2.24, 2.45) is 29.6 Å². The molecule has 1 saturated carbocycles. The fourth-order valence-electron chi connectivity index (χ4n) is 3.92. The van der Waals surface area contributed by atoms with Crippen LogP contribution in [0.2, 0.25) is 0 Å². The average Bonchev–Trinajstić information content (AvgIpc) is 3.06. The number of hydrogen-bond donors (Lipinski definition) is 2. The molecule has 2 bridgehead atoms. The van der Waals surface area contributed by atoms with Crippen LogP contribution in [0.3, 0.4) is 0 Å². The summed E-state index contributed by atoms with van der Waals surface area (Å²) in [5.74, 6) is -1.14. The van der Waals surface area contributed by atoms with E-state index in [1.54, 1.807) is 0 Å². The maximum atomic E-state index is 12.4. The zero-order valence-electron chi connectivity index (χ0n) is 11.5. The van der Waals surface area contributed by atoms with Gasteiger partial charge in [0.2, 0.25) is 5.91 Å². The first-order valence-corrected chi connectivity index (χ1v) is 7.50. The van der Waals surface area contributed by atoms with Crippen LogP contribution in [0, 0.1) is 29.6 Å². The molecule has 0 heterocycles. The third kappa shape index (κ3) is 2.39. The molecule has 0 aromatic heterocycles. The van der Waals surface area contributed by atoms with Gasteiger partial charge in [0.05, 0.1) is 11.8 Å². The molecule has 2 N–H and O–H groups in total. The molecule has 3 rings (SSSR count). The van der Waals surface area contributed by atoms with Gasteiger partial charge in [0.15, 0.2) is 0 Å². The molecule has 3 aliphatic carbocycles. The topological polar surface area (TPSA) is 66.4 Å². The number of carbonyl (C=O) groups is 2. The van der Waals surface area contributed by atoms with E-state index in [0.29, 0.717) is 12.5 Å². The summed E-state index contributed by atoms with van der Waals surface area (Å²) in [5, 5.41) is 12.3. The highest BCUT2D eigenvalue weighted by molar-refractivity contribution is 5.86. The molecule has 0 radical (unpaired) electrons. The number of aliphatic carboxylic acids is 1. The van der Waals surface area contributed by atoms with E-state index in [1.165, 1.54) is 0 Å². The highest BCUT2D eigenvalue weighted by Gasteiger charge is 2.51. The Morgan fingerprint density at radius 3 is 2.55 bits per heavy atom. The number of hydrogen-bond acceptors (Lipinski definition) is 2. The lowest BCUT2D eigenvalue weighted by molar-refractivity contribution is -0.147. The minimum Gasteiger partial charge on any atom is -0.481 e. The van der Waals surface area contributed by atoms with Gasteiger partial charge < -0.3 is 10.4 Å². The lowest BCUT2D eigenvalue weighted by Gasteiger charge is -2.25. The second-order valence-corrected chi connectivity index (χ2v) is 6.23. The molecule has 1 amide bonds. The molecule has 20 heavy (non-hydrogen) atoms. The molecule has 4 heteroatoms. The molecule has 108 valence electrons. The van der Waals surface area contributed by atoms with Gasteiger partial charge in [0.1, 0.15) is 0 Å². The Labute approximate surface area is 118 Å². The predicted octanol–water partition coefficient (Wildman–Crippen LogP) is 1.98. The van der Waals surface area contributed by atoms with Crippen molar-refractivity contribution >= 4 is 11.9 Å². The molecule has 4 nitrogen and oxygen atoms in total. The van der Waals surface area contributed by atoms with Crippen molar-refractivity contribution in [3.8, 4) is 0 Å². The summed E-state index contributed by atoms with van der Waals surface area (Å²) < 4.78 is 0. The average molecular weight is 275 g/mol. The highest BCUT2D eigenvalue weighted by atomic mass is 16.4. The summed E-state index contributed by atoms with van der Waals surface area (Å²) in [7, 11) is 0. The number of carbonyl (C=O) groups excluding carboxylic acids is 1. The molecular weight excluding hydrogens is 254 g/mol. The van der Waals surface area contributed by atoms with Crippen molar-refractivity contribution in [1.29, 1.82) is 0 Å². The van der Waals surface area contributed by atoms with Crippen molar-refractivity contribution in [3.63, 3.8) is 0 Å². The molecule has 0 aromatic carbocycles. The van der Waals surface area contributed by atoms with Crippen LogP contribution in [0.4, 0.5) is 0 Å². The first kappa shape index (κ1) is 13.4. The monoisotopic (exact) mass is 275 g/mol. The second-order valence-electron chi connectivity index (χ2n) is 6.23. The lowest BCUT2D eigenvalue weighted by Crippen LogP contribution is -2.41. The Balaban J connectivity index is 1.60. The van der Waals surface area contributed by atoms with Crippen LogP contribution in [0.15, 0.2) is 24.3 Å². The van der Waals surface area contributed by atoms with E-state index in [4.69, 9.17) is 0 Å². The summed E-state index contributed by atoms with van der Waals surface area (Å²) in [6.45, 7) is 0.674. The Hall–Kier alpha value is -1.58. The number of allylic oxidation sites excluding steroid dienone is 4. The molecule has 1 fully saturated rings. The molecule has 5 atom stereocenters. The van der Waals surface area contributed by atoms with Gasteiger partial charge in [0, 0.05) is 6.54 Å². The van der Waals surface area contributed by atoms with Gasteiger partial charge in [-0.2, -0.15) is 0 Å². The predicted molar refractivity (Wildman–Crippen MR) is 74.8 cm³/mol. The smallest absolute Gasteiger partial charge is 0.307 e. The van der Waals surface area contributed by atoms with Gasteiger partial charge >= 0.3 is 5.97 Å². The van der Waals surface area contributed by atoms with Crippen molar-refractivity contribution in [1.82, 2.24) is 5.32 Å². The van der Waals surface area contributed by atoms with Crippen LogP contribution < -0.4 is 5.32 Å². The van der Waals surface area contributed by atoms with E-state index >= 15 is 0 Å². The highest BCUT2D eigenvalue weighted by Crippen LogP contribution is 2.48. The van der Waals surface area contributed by atoms with Crippen molar-refractivity contribution in [3.05, 3.63) is 24.3 Å². The fraction of sp³-hybridized carbons (Fsp3) is 0.625. The normalized spacial score (nSPS) is 38.1. The van der Waals surface area contributed by atoms with E-state index in [2.05, 4.69) is 17.5 Å². The number of nitrogens with one attached hydrogen (secondary N) is 1. The van der Waals surface area contributed by atoms with E-state index in [9.17, 15) is 14.7 Å². The van der Waals surface area contributed by atoms with Crippen LogP contribution >= 0.6 is 0 Å². The van der Waals surface area contributed by atoms with Gasteiger partial charge in [-0.3, -0.25) is 9.59 Å². The third-order valence-electron chi connectivity index (χ3n) is 4.99. The molecule has 0 aliphatic heterocycles. The maximum absolute atomic E-state index is 12.4. The number of carboxylic acid groups (broad SMARTS) is 1. The van der Waals surface area contributed by atoms with Gasteiger partial charge in [0.25, 0.3) is 0 Å². The van der Waals surface area contributed by atoms with Crippen LogP contribution in [-0.4, -0.2) is 23.5 Å². The number of fused-ring (bicyclic) bond motifs is 2. The van der Waals surface area contributed by atoms with E-state index in [1.807, 2.05) is 12.2 Å². The Kier molecular flexibility index (Phi) is 3.64. The Bertz CT molecular complexity index is 468. The Morgan fingerprint density at radius 2 is 1.90 bits per heavy atom. The molecule has 3 aliphatic rings. The lowest BCUT2D eigenvalue weighted by atomic mass is 9.82. The standard InChI is InChI=1S/C16H21NO3/c18-15(17-9-10-4-2-1-3-5-10)13-11-6-7-12(8-11)14(13)16(19)20/h1-2,6-7,10-14H,3-5,8-9H2,(H,17,18)(H,19,20)/t10?,11?,12?,13-,14+/m0/s1. The third-order valence-corrected chi connectivity index (χ3v) is 4.99. The zero-order chi connectivity index (χ0) is 14.1. The van der Waals surface area contributed by atoms with Crippen molar-refractivity contribution in [2.75, 3.05) is 6.54 Å². The minimum absolute atomic E-state index is 0.0471. The number of amides is 1. The minimum atomic E-state index is -0.831. The van der Waals surface area contributed by atoms with Crippen LogP contribution in [0.25, 0.3) is 0 Å². The van der Waals surface area contributed by atoms with Gasteiger partial charge in [-0.15, -0.1) is 0 Å². The number of carboxylic acids is 1. The van der Waals surface area contributed by atoms with Gasteiger partial charge in [-0.05, 0) is 43.4 Å². The van der Waals surface area contributed by atoms with Crippen molar-refractivity contribution < 1.29 is 14.7 Å². The van der Waals surface area contributed by atoms with Crippen molar-refractivity contribution in [2.45, 2.75) is 25.7 Å². The molecule has 0 saturated heterocycles. The molecule has 0 spiro atoms. The number of rotatable bonds is 4. The Morgan fingerprint density at radius 1 is 1.15 bits per heavy atom. The van der Waals surface area contributed by atoms with E-state index in [0.717, 1.165) is 25.7 Å². The van der Waals surface area contributed by atoms with Gasteiger partial charge in [-0.25, -0.2) is 0 Å². The summed E-state index contributed by atoms with van der Waals surface area (Å²) in [5.41, 5.74) is 0. The first-order valence-electron chi connectivity index (χ1n) is 7.50. The van der Waals surface area contributed by atoms with Crippen LogP contribution in [0.5, 0.6) is 0 Å².